The molecule has 0 bridgehead atoms. The van der Waals surface area contributed by atoms with Gasteiger partial charge < -0.3 is 4.74 Å². The summed E-state index contributed by atoms with van der Waals surface area (Å²) in [6.45, 7) is 3.12. The number of rotatable bonds is 5. The standard InChI is InChI=1S/C9H11N5O2/c1-3-16-8(15)7(13-14-12)4-9(2,5-10)6-11/h7H,3-4H2,1-2H3. The van der Waals surface area contributed by atoms with E-state index in [1.165, 1.54) is 6.92 Å². The van der Waals surface area contributed by atoms with E-state index >= 15 is 0 Å². The summed E-state index contributed by atoms with van der Waals surface area (Å²) >= 11 is 0. The average Bonchev–Trinajstić information content (AvgIpc) is 2.28. The molecule has 1 unspecified atom stereocenters. The lowest BCUT2D eigenvalue weighted by atomic mass is 9.87. The fourth-order valence-electron chi connectivity index (χ4n) is 0.975. The maximum atomic E-state index is 11.3. The third-order valence-corrected chi connectivity index (χ3v) is 1.84. The zero-order valence-corrected chi connectivity index (χ0v) is 9.04. The summed E-state index contributed by atoms with van der Waals surface area (Å²) in [5.74, 6) is -0.725. The van der Waals surface area contributed by atoms with E-state index < -0.39 is 17.4 Å². The minimum Gasteiger partial charge on any atom is -0.466 e. The largest absolute Gasteiger partial charge is 0.466 e. The van der Waals surface area contributed by atoms with Crippen molar-refractivity contribution < 1.29 is 9.53 Å². The first-order valence-electron chi connectivity index (χ1n) is 4.56. The van der Waals surface area contributed by atoms with Crippen LogP contribution in [0.15, 0.2) is 5.11 Å². The monoisotopic (exact) mass is 221 g/mol. The summed E-state index contributed by atoms with van der Waals surface area (Å²) in [7, 11) is 0. The predicted octanol–water partition coefficient (Wildman–Crippen LogP) is 1.67. The van der Waals surface area contributed by atoms with Gasteiger partial charge in [0.05, 0.1) is 18.7 Å². The van der Waals surface area contributed by atoms with Crippen molar-refractivity contribution in [2.75, 3.05) is 6.61 Å². The topological polar surface area (TPSA) is 123 Å². The van der Waals surface area contributed by atoms with Gasteiger partial charge >= 0.3 is 5.97 Å². The Hall–Kier alpha value is -2.24. The quantitative estimate of drug-likeness (QED) is 0.303. The lowest BCUT2D eigenvalue weighted by Gasteiger charge is -2.16. The molecule has 0 saturated carbocycles. The summed E-state index contributed by atoms with van der Waals surface area (Å²) in [5.41, 5.74) is 6.91. The highest BCUT2D eigenvalue weighted by Gasteiger charge is 2.32. The second-order valence-electron chi connectivity index (χ2n) is 3.23. The summed E-state index contributed by atoms with van der Waals surface area (Å²) in [4.78, 5) is 13.8. The minimum atomic E-state index is -1.37. The number of carbonyl (C=O) groups excluding carboxylic acids is 1. The fourth-order valence-corrected chi connectivity index (χ4v) is 0.975. The number of esters is 1. The van der Waals surface area contributed by atoms with Crippen LogP contribution in [0, 0.1) is 28.1 Å². The molecule has 0 aliphatic carbocycles. The normalized spacial score (nSPS) is 11.5. The number of nitriles is 2. The first kappa shape index (κ1) is 13.8. The van der Waals surface area contributed by atoms with Crippen LogP contribution in [-0.2, 0) is 9.53 Å². The SMILES string of the molecule is CCOC(=O)C(CC(C)(C#N)C#N)N=[N+]=[N-]. The summed E-state index contributed by atoms with van der Waals surface area (Å²) in [6, 6.07) is 2.38. The van der Waals surface area contributed by atoms with E-state index in [9.17, 15) is 4.79 Å². The fraction of sp³-hybridized carbons (Fsp3) is 0.667. The Balaban J connectivity index is 4.85. The van der Waals surface area contributed by atoms with E-state index in [1.54, 1.807) is 19.1 Å². The number of hydrogen-bond acceptors (Lipinski definition) is 5. The van der Waals surface area contributed by atoms with Crippen LogP contribution in [0.5, 0.6) is 0 Å². The molecular formula is C9H11N5O2. The van der Waals surface area contributed by atoms with Crippen LogP contribution in [0.1, 0.15) is 20.3 Å². The molecule has 7 heteroatoms. The summed E-state index contributed by atoms with van der Waals surface area (Å²) < 4.78 is 4.67. The third-order valence-electron chi connectivity index (χ3n) is 1.84. The van der Waals surface area contributed by atoms with Gasteiger partial charge in [-0.05, 0) is 25.8 Å². The Bertz CT molecular complexity index is 372. The molecule has 0 aliphatic heterocycles. The van der Waals surface area contributed by atoms with Gasteiger partial charge in [-0.25, -0.2) is 0 Å². The van der Waals surface area contributed by atoms with Crippen LogP contribution in [0.2, 0.25) is 0 Å². The van der Waals surface area contributed by atoms with E-state index in [-0.39, 0.29) is 13.0 Å². The van der Waals surface area contributed by atoms with Crippen molar-refractivity contribution in [3.8, 4) is 12.1 Å². The van der Waals surface area contributed by atoms with Crippen molar-refractivity contribution in [1.29, 1.82) is 10.5 Å². The summed E-state index contributed by atoms with van der Waals surface area (Å²) in [5, 5.41) is 20.7. The van der Waals surface area contributed by atoms with E-state index in [0.717, 1.165) is 0 Å². The van der Waals surface area contributed by atoms with E-state index in [2.05, 4.69) is 14.8 Å². The Labute approximate surface area is 92.9 Å². The zero-order chi connectivity index (χ0) is 12.6. The molecule has 0 saturated heterocycles. The van der Waals surface area contributed by atoms with Gasteiger partial charge in [0.15, 0.2) is 0 Å². The van der Waals surface area contributed by atoms with Crippen molar-refractivity contribution >= 4 is 5.97 Å². The lowest BCUT2D eigenvalue weighted by Crippen LogP contribution is -2.27. The molecule has 1 atom stereocenters. The Kier molecular flexibility index (Phi) is 5.40. The molecule has 0 heterocycles. The molecule has 84 valence electrons. The van der Waals surface area contributed by atoms with E-state index in [1.807, 2.05) is 0 Å². The summed E-state index contributed by atoms with van der Waals surface area (Å²) in [6.07, 6.45) is -0.178. The van der Waals surface area contributed by atoms with Crippen molar-refractivity contribution in [3.63, 3.8) is 0 Å². The molecule has 0 radical (unpaired) electrons. The zero-order valence-electron chi connectivity index (χ0n) is 9.04. The molecular weight excluding hydrogens is 210 g/mol. The van der Waals surface area contributed by atoms with Gasteiger partial charge in [-0.15, -0.1) is 0 Å². The smallest absolute Gasteiger partial charge is 0.314 e. The molecule has 0 aliphatic rings. The van der Waals surface area contributed by atoms with Crippen LogP contribution < -0.4 is 0 Å². The van der Waals surface area contributed by atoms with E-state index in [0.29, 0.717) is 0 Å². The van der Waals surface area contributed by atoms with E-state index in [4.69, 9.17) is 16.1 Å². The van der Waals surface area contributed by atoms with Gasteiger partial charge in [0.2, 0.25) is 0 Å². The van der Waals surface area contributed by atoms with Gasteiger partial charge in [-0.2, -0.15) is 10.5 Å². The number of ether oxygens (including phenoxy) is 1. The van der Waals surface area contributed by atoms with Crippen LogP contribution in [-0.4, -0.2) is 18.6 Å². The van der Waals surface area contributed by atoms with Crippen LogP contribution in [0.25, 0.3) is 10.4 Å². The maximum absolute atomic E-state index is 11.3. The van der Waals surface area contributed by atoms with Gasteiger partial charge in [-0.1, -0.05) is 5.11 Å². The minimum absolute atomic E-state index is 0.145. The molecule has 0 N–H and O–H groups in total. The van der Waals surface area contributed by atoms with Crippen LogP contribution in [0.4, 0.5) is 0 Å². The number of carbonyl (C=O) groups is 1. The first-order valence-corrected chi connectivity index (χ1v) is 4.56. The molecule has 0 aromatic rings. The van der Waals surface area contributed by atoms with Crippen molar-refractivity contribution in [2.24, 2.45) is 10.5 Å². The molecule has 0 rings (SSSR count). The van der Waals surface area contributed by atoms with Crippen molar-refractivity contribution in [1.82, 2.24) is 0 Å². The first-order chi connectivity index (χ1) is 7.52. The van der Waals surface area contributed by atoms with Gasteiger partial charge in [0.25, 0.3) is 0 Å². The lowest BCUT2D eigenvalue weighted by molar-refractivity contribution is -0.145. The number of azide groups is 1. The van der Waals surface area contributed by atoms with Crippen LogP contribution in [0.3, 0.4) is 0 Å². The molecule has 16 heavy (non-hydrogen) atoms. The third kappa shape index (κ3) is 3.87. The molecule has 0 amide bonds. The Morgan fingerprint density at radius 3 is 2.56 bits per heavy atom. The Morgan fingerprint density at radius 1 is 1.62 bits per heavy atom. The number of nitrogens with zero attached hydrogens (tertiary/aromatic N) is 5. The maximum Gasteiger partial charge on any atom is 0.314 e. The molecule has 7 nitrogen and oxygen atoms in total. The number of hydrogen-bond donors (Lipinski definition) is 0. The Morgan fingerprint density at radius 2 is 2.19 bits per heavy atom. The highest BCUT2D eigenvalue weighted by molar-refractivity contribution is 5.76. The highest BCUT2D eigenvalue weighted by Crippen LogP contribution is 2.23. The average molecular weight is 221 g/mol. The van der Waals surface area contributed by atoms with Gasteiger partial charge in [0.1, 0.15) is 11.5 Å². The van der Waals surface area contributed by atoms with Crippen molar-refractivity contribution in [3.05, 3.63) is 10.4 Å². The highest BCUT2D eigenvalue weighted by atomic mass is 16.5. The molecule has 0 aromatic heterocycles. The molecule has 0 aromatic carbocycles. The predicted molar refractivity (Wildman–Crippen MR) is 53.5 cm³/mol. The van der Waals surface area contributed by atoms with Crippen molar-refractivity contribution in [2.45, 2.75) is 26.3 Å². The van der Waals surface area contributed by atoms with Crippen LogP contribution >= 0.6 is 0 Å². The van der Waals surface area contributed by atoms with Gasteiger partial charge in [-0.3, -0.25) is 4.79 Å². The molecule has 0 fully saturated rings. The van der Waals surface area contributed by atoms with Gasteiger partial charge in [0, 0.05) is 4.91 Å². The second kappa shape index (κ2) is 6.28. The molecule has 0 spiro atoms. The second-order valence-corrected chi connectivity index (χ2v) is 3.23.